The van der Waals surface area contributed by atoms with E-state index < -0.39 is 0 Å². The molecule has 3 heterocycles. The summed E-state index contributed by atoms with van der Waals surface area (Å²) in [5.41, 5.74) is 9.11. The first-order valence-electron chi connectivity index (χ1n) is 11.6. The smallest absolute Gasteiger partial charge is 0.245 e. The van der Waals surface area contributed by atoms with Crippen LogP contribution in [0.3, 0.4) is 0 Å². The highest BCUT2D eigenvalue weighted by Gasteiger charge is 2.29. The van der Waals surface area contributed by atoms with Gasteiger partial charge >= 0.3 is 0 Å². The van der Waals surface area contributed by atoms with E-state index in [0.717, 1.165) is 54.2 Å². The quantitative estimate of drug-likeness (QED) is 0.296. The van der Waals surface area contributed by atoms with Gasteiger partial charge in [0.1, 0.15) is 18.0 Å². The molecule has 34 heavy (non-hydrogen) atoms. The third kappa shape index (κ3) is 3.80. The Balaban J connectivity index is 0.00000241. The maximum atomic E-state index is 13.0. The molecular weight excluding hydrogens is 492 g/mol. The minimum atomic E-state index is 0. The molecule has 0 fully saturated rings. The van der Waals surface area contributed by atoms with Gasteiger partial charge in [-0.15, -0.1) is 0 Å². The van der Waals surface area contributed by atoms with E-state index >= 15 is 0 Å². The highest BCUT2D eigenvalue weighted by atomic mass is 79.9. The topological polar surface area (TPSA) is 44.3 Å². The lowest BCUT2D eigenvalue weighted by molar-refractivity contribution is -0.663. The zero-order valence-electron chi connectivity index (χ0n) is 19.4. The molecule has 0 aliphatic carbocycles. The summed E-state index contributed by atoms with van der Waals surface area (Å²) in [4.78, 5) is 13.0. The Kier molecular flexibility index (Phi) is 5.94. The van der Waals surface area contributed by atoms with Crippen LogP contribution in [0.5, 0.6) is 11.5 Å². The Morgan fingerprint density at radius 2 is 1.76 bits per heavy atom. The van der Waals surface area contributed by atoms with Crippen molar-refractivity contribution in [1.82, 2.24) is 4.57 Å². The largest absolute Gasteiger partial charge is 1.00 e. The van der Waals surface area contributed by atoms with Crippen LogP contribution in [0.1, 0.15) is 38.2 Å². The highest BCUT2D eigenvalue weighted by molar-refractivity contribution is 5.96. The maximum absolute atomic E-state index is 13.0. The lowest BCUT2D eigenvalue weighted by Crippen LogP contribution is -3.00. The predicted molar refractivity (Wildman–Crippen MR) is 126 cm³/mol. The van der Waals surface area contributed by atoms with E-state index in [-0.39, 0.29) is 22.8 Å². The van der Waals surface area contributed by atoms with Gasteiger partial charge in [0.2, 0.25) is 12.1 Å². The number of aromatic nitrogens is 2. The number of carbonyl (C=O) groups is 1. The van der Waals surface area contributed by atoms with Crippen LogP contribution in [0.2, 0.25) is 0 Å². The van der Waals surface area contributed by atoms with E-state index in [9.17, 15) is 4.79 Å². The third-order valence-electron chi connectivity index (χ3n) is 6.99. The zero-order chi connectivity index (χ0) is 22.5. The molecule has 1 aromatic heterocycles. The van der Waals surface area contributed by atoms with Crippen molar-refractivity contribution in [1.29, 1.82) is 0 Å². The molecule has 174 valence electrons. The number of hydrogen-bond acceptors (Lipinski definition) is 3. The molecule has 2 aliphatic rings. The van der Waals surface area contributed by atoms with Crippen molar-refractivity contribution in [3.63, 3.8) is 0 Å². The Labute approximate surface area is 209 Å². The van der Waals surface area contributed by atoms with Gasteiger partial charge in [-0.3, -0.25) is 4.79 Å². The van der Waals surface area contributed by atoms with Crippen LogP contribution in [-0.2, 0) is 25.9 Å². The molecule has 2 aliphatic heterocycles. The van der Waals surface area contributed by atoms with E-state index in [1.807, 2.05) is 30.3 Å². The van der Waals surface area contributed by atoms with Gasteiger partial charge in [-0.1, -0.05) is 30.3 Å². The maximum Gasteiger partial charge on any atom is 0.245 e. The van der Waals surface area contributed by atoms with Crippen molar-refractivity contribution in [2.24, 2.45) is 0 Å². The molecule has 3 aromatic carbocycles. The van der Waals surface area contributed by atoms with Crippen molar-refractivity contribution >= 4 is 16.8 Å². The molecule has 4 aromatic rings. The SMILES string of the molecule is Cc1cc2c(cc1C)[n+](Cc1c3c(cc4c1OCC4)OCC3)cn2CC(=O)c1ccccc1.[Br-]. The summed E-state index contributed by atoms with van der Waals surface area (Å²) in [6.45, 7) is 6.71. The number of fused-ring (bicyclic) bond motifs is 3. The summed E-state index contributed by atoms with van der Waals surface area (Å²) >= 11 is 0. The summed E-state index contributed by atoms with van der Waals surface area (Å²) in [5.74, 6) is 2.14. The van der Waals surface area contributed by atoms with E-state index in [0.29, 0.717) is 13.1 Å². The van der Waals surface area contributed by atoms with Crippen molar-refractivity contribution < 1.29 is 35.8 Å². The highest BCUT2D eigenvalue weighted by Crippen LogP contribution is 2.40. The molecule has 0 saturated heterocycles. The van der Waals surface area contributed by atoms with Crippen LogP contribution < -0.4 is 31.0 Å². The molecule has 0 bridgehead atoms. The van der Waals surface area contributed by atoms with Crippen molar-refractivity contribution in [3.05, 3.63) is 88.2 Å². The first-order valence-corrected chi connectivity index (χ1v) is 11.6. The van der Waals surface area contributed by atoms with Gasteiger partial charge in [0, 0.05) is 35.1 Å². The molecule has 6 heteroatoms. The number of ether oxygens (including phenoxy) is 2. The lowest BCUT2D eigenvalue weighted by Gasteiger charge is -2.11. The van der Waals surface area contributed by atoms with E-state index in [4.69, 9.17) is 9.47 Å². The summed E-state index contributed by atoms with van der Waals surface area (Å²) in [5, 5.41) is 0. The predicted octanol–water partition coefficient (Wildman–Crippen LogP) is 1.35. The van der Waals surface area contributed by atoms with Gasteiger partial charge in [0.25, 0.3) is 0 Å². The van der Waals surface area contributed by atoms with Gasteiger partial charge in [-0.05, 0) is 43.2 Å². The number of ketones is 1. The first kappa shape index (κ1) is 22.7. The lowest BCUT2D eigenvalue weighted by atomic mass is 9.99. The number of Topliss-reactive ketones (excluding diaryl/α,β-unsaturated/α-hetero) is 1. The van der Waals surface area contributed by atoms with Crippen LogP contribution >= 0.6 is 0 Å². The zero-order valence-corrected chi connectivity index (χ0v) is 21.0. The number of aryl methyl sites for hydroxylation is 2. The van der Waals surface area contributed by atoms with Crippen molar-refractivity contribution in [3.8, 4) is 11.5 Å². The number of nitrogens with zero attached hydrogens (tertiary/aromatic N) is 2. The van der Waals surface area contributed by atoms with Gasteiger partial charge in [-0.2, -0.15) is 0 Å². The molecule has 0 atom stereocenters. The van der Waals surface area contributed by atoms with Crippen molar-refractivity contribution in [2.75, 3.05) is 13.2 Å². The van der Waals surface area contributed by atoms with Crippen LogP contribution in [-0.4, -0.2) is 23.6 Å². The molecule has 0 N–H and O–H groups in total. The Bertz CT molecular complexity index is 1380. The fourth-order valence-electron chi connectivity index (χ4n) is 5.08. The van der Waals surface area contributed by atoms with Gasteiger partial charge in [0.15, 0.2) is 17.6 Å². The van der Waals surface area contributed by atoms with Crippen LogP contribution in [0.25, 0.3) is 11.0 Å². The average Bonchev–Trinajstić information content (AvgIpc) is 3.55. The molecule has 0 spiro atoms. The molecule has 5 nitrogen and oxygen atoms in total. The van der Waals surface area contributed by atoms with Gasteiger partial charge in [0.05, 0.1) is 13.2 Å². The average molecular weight is 519 g/mol. The van der Waals surface area contributed by atoms with E-state index in [2.05, 4.69) is 47.5 Å². The van der Waals surface area contributed by atoms with E-state index in [1.54, 1.807) is 0 Å². The molecule has 0 unspecified atom stereocenters. The van der Waals surface area contributed by atoms with Crippen molar-refractivity contribution in [2.45, 2.75) is 39.8 Å². The summed E-state index contributed by atoms with van der Waals surface area (Å²) in [7, 11) is 0. The second-order valence-corrected chi connectivity index (χ2v) is 9.10. The first-order chi connectivity index (χ1) is 16.1. The number of imidazole rings is 1. The molecular formula is C28H27BrN2O3. The van der Waals surface area contributed by atoms with Crippen LogP contribution in [0.4, 0.5) is 0 Å². The summed E-state index contributed by atoms with van der Waals surface area (Å²) in [6.07, 6.45) is 3.92. The number of rotatable bonds is 5. The second kappa shape index (κ2) is 8.91. The second-order valence-electron chi connectivity index (χ2n) is 9.10. The standard InChI is InChI=1S/C28H27N2O3.BrH/c1-18-12-24-25(13-19(18)2)30(16-26(31)20-6-4-3-5-7-20)17-29(24)15-23-22-9-11-32-27(22)14-21-8-10-33-28(21)23;/h3-7,12-14,17H,8-11,15-16H2,1-2H3;1H/q+1;/p-1. The number of hydrogen-bond donors (Lipinski definition) is 0. The summed E-state index contributed by atoms with van der Waals surface area (Å²) in [6, 6.07) is 16.1. The minimum Gasteiger partial charge on any atom is -1.00 e. The monoisotopic (exact) mass is 518 g/mol. The number of benzene rings is 3. The van der Waals surface area contributed by atoms with Crippen LogP contribution in [0.15, 0.2) is 54.9 Å². The van der Waals surface area contributed by atoms with Crippen LogP contribution in [0, 0.1) is 13.8 Å². The Hall–Kier alpha value is -3.12. The van der Waals surface area contributed by atoms with E-state index in [1.165, 1.54) is 27.8 Å². The number of halogens is 1. The third-order valence-corrected chi connectivity index (χ3v) is 6.99. The van der Waals surface area contributed by atoms with Gasteiger partial charge < -0.3 is 26.5 Å². The Morgan fingerprint density at radius 3 is 2.59 bits per heavy atom. The normalized spacial score (nSPS) is 13.7. The molecule has 0 radical (unpaired) electrons. The molecule has 0 amide bonds. The summed E-state index contributed by atoms with van der Waals surface area (Å²) < 4.78 is 16.3. The Morgan fingerprint density at radius 1 is 1.00 bits per heavy atom. The number of carbonyl (C=O) groups excluding carboxylic acids is 1. The fraction of sp³-hybridized carbons (Fsp3) is 0.286. The fourth-order valence-corrected chi connectivity index (χ4v) is 5.08. The van der Waals surface area contributed by atoms with Gasteiger partial charge in [-0.25, -0.2) is 9.13 Å². The minimum absolute atomic E-state index is 0. The molecule has 0 saturated carbocycles. The molecule has 6 rings (SSSR count).